The summed E-state index contributed by atoms with van der Waals surface area (Å²) in [5.41, 5.74) is 6.82. The number of sulfonamides is 1. The van der Waals surface area contributed by atoms with Crippen LogP contribution < -0.4 is 10.5 Å². The molecule has 0 aliphatic rings. The molecule has 0 saturated heterocycles. The van der Waals surface area contributed by atoms with Gasteiger partial charge >= 0.3 is 0 Å². The number of thiophene rings is 1. The first-order valence-electron chi connectivity index (χ1n) is 5.56. The Kier molecular flexibility index (Phi) is 4.25. The number of aromatic nitrogens is 2. The maximum atomic E-state index is 12.0. The number of nitrogens with zero attached hydrogens (tertiary/aromatic N) is 2. The summed E-state index contributed by atoms with van der Waals surface area (Å²) in [5, 5.41) is 1.57. The molecule has 0 aliphatic heterocycles. The van der Waals surface area contributed by atoms with Crippen LogP contribution in [0.15, 0.2) is 28.7 Å². The van der Waals surface area contributed by atoms with Gasteiger partial charge in [-0.05, 0) is 13.0 Å². The molecule has 0 amide bonds. The van der Waals surface area contributed by atoms with Gasteiger partial charge in [-0.15, -0.1) is 11.3 Å². The number of aryl methyl sites for hydroxylation is 1. The van der Waals surface area contributed by atoms with Crippen LogP contribution in [0.4, 0.5) is 0 Å². The van der Waals surface area contributed by atoms with Gasteiger partial charge in [0.1, 0.15) is 0 Å². The molecule has 2 heterocycles. The van der Waals surface area contributed by atoms with Crippen molar-refractivity contribution in [2.45, 2.75) is 24.9 Å². The number of nitrogens with one attached hydrogen (secondary N) is 1. The van der Waals surface area contributed by atoms with E-state index in [9.17, 15) is 8.42 Å². The lowest BCUT2D eigenvalue weighted by molar-refractivity contribution is 0.580. The van der Waals surface area contributed by atoms with Crippen molar-refractivity contribution < 1.29 is 8.42 Å². The van der Waals surface area contributed by atoms with E-state index in [-0.39, 0.29) is 11.4 Å². The van der Waals surface area contributed by atoms with E-state index >= 15 is 0 Å². The Balaban J connectivity index is 2.07. The largest absolute Gasteiger partial charge is 0.326 e. The molecule has 0 saturated carbocycles. The van der Waals surface area contributed by atoms with E-state index in [2.05, 4.69) is 14.7 Å². The molecule has 0 atom stereocenters. The van der Waals surface area contributed by atoms with E-state index in [1.54, 1.807) is 23.8 Å². The van der Waals surface area contributed by atoms with Crippen molar-refractivity contribution in [1.82, 2.24) is 14.7 Å². The lowest BCUT2D eigenvalue weighted by atomic mass is 10.4. The zero-order chi connectivity index (χ0) is 13.9. The average molecular weight is 298 g/mol. The average Bonchev–Trinajstić information content (AvgIpc) is 2.88. The van der Waals surface area contributed by atoms with Gasteiger partial charge in [0.05, 0.1) is 29.0 Å². The fourth-order valence-corrected chi connectivity index (χ4v) is 3.53. The summed E-state index contributed by atoms with van der Waals surface area (Å²) in [5.74, 6) is 0. The van der Waals surface area contributed by atoms with Gasteiger partial charge in [0.2, 0.25) is 10.0 Å². The topological polar surface area (TPSA) is 98.0 Å². The number of hydrogen-bond donors (Lipinski definition) is 2. The molecule has 0 aromatic carbocycles. The molecule has 2 rings (SSSR count). The Morgan fingerprint density at radius 2 is 2.16 bits per heavy atom. The van der Waals surface area contributed by atoms with Gasteiger partial charge in [-0.25, -0.2) is 13.1 Å². The second-order valence-corrected chi connectivity index (χ2v) is 6.69. The third kappa shape index (κ3) is 3.57. The zero-order valence-electron chi connectivity index (χ0n) is 10.3. The molecule has 2 aromatic heterocycles. The highest BCUT2D eigenvalue weighted by Gasteiger charge is 2.15. The van der Waals surface area contributed by atoms with E-state index in [1.165, 1.54) is 11.3 Å². The first kappa shape index (κ1) is 14.1. The van der Waals surface area contributed by atoms with Gasteiger partial charge in [-0.3, -0.25) is 9.97 Å². The second-order valence-electron chi connectivity index (χ2n) is 3.93. The molecule has 0 bridgehead atoms. The third-order valence-corrected chi connectivity index (χ3v) is 4.91. The van der Waals surface area contributed by atoms with Crippen molar-refractivity contribution >= 4 is 21.4 Å². The van der Waals surface area contributed by atoms with Crippen LogP contribution in [0.3, 0.4) is 0 Å². The molecule has 0 aliphatic carbocycles. The Morgan fingerprint density at radius 1 is 1.37 bits per heavy atom. The Labute approximate surface area is 115 Å². The fraction of sp³-hybridized carbons (Fsp3) is 0.273. The van der Waals surface area contributed by atoms with Crippen molar-refractivity contribution in [2.24, 2.45) is 5.73 Å². The minimum Gasteiger partial charge on any atom is -0.326 e. The number of rotatable bonds is 5. The summed E-state index contributed by atoms with van der Waals surface area (Å²) in [6, 6.07) is 1.58. The van der Waals surface area contributed by atoms with E-state index in [1.807, 2.05) is 6.92 Å². The van der Waals surface area contributed by atoms with Gasteiger partial charge in [-0.1, -0.05) is 0 Å². The van der Waals surface area contributed by atoms with Crippen LogP contribution >= 0.6 is 11.3 Å². The molecule has 0 spiro atoms. The SMILES string of the molecule is Cc1cnc(CNS(=O)(=O)c2csc(CN)c2)cn1. The van der Waals surface area contributed by atoms with Crippen LogP contribution in [0.2, 0.25) is 0 Å². The molecular formula is C11H14N4O2S2. The van der Waals surface area contributed by atoms with Crippen molar-refractivity contribution in [3.63, 3.8) is 0 Å². The summed E-state index contributed by atoms with van der Waals surface area (Å²) in [4.78, 5) is 9.21. The van der Waals surface area contributed by atoms with Crippen LogP contribution in [0.25, 0.3) is 0 Å². The molecule has 3 N–H and O–H groups in total. The normalized spacial score (nSPS) is 11.7. The first-order chi connectivity index (χ1) is 9.01. The van der Waals surface area contributed by atoms with Gasteiger partial charge in [0, 0.05) is 23.0 Å². The summed E-state index contributed by atoms with van der Waals surface area (Å²) in [6.45, 7) is 2.27. The quantitative estimate of drug-likeness (QED) is 0.850. The molecular weight excluding hydrogens is 284 g/mol. The van der Waals surface area contributed by atoms with E-state index in [4.69, 9.17) is 5.73 Å². The highest BCUT2D eigenvalue weighted by atomic mass is 32.2. The zero-order valence-corrected chi connectivity index (χ0v) is 12.0. The van der Waals surface area contributed by atoms with Crippen molar-refractivity contribution in [2.75, 3.05) is 0 Å². The number of nitrogens with two attached hydrogens (primary N) is 1. The fourth-order valence-electron chi connectivity index (χ4n) is 1.37. The monoisotopic (exact) mass is 298 g/mol. The molecule has 2 aromatic rings. The molecule has 19 heavy (non-hydrogen) atoms. The maximum absolute atomic E-state index is 12.0. The number of hydrogen-bond acceptors (Lipinski definition) is 6. The summed E-state index contributed by atoms with van der Waals surface area (Å²) in [7, 11) is -3.52. The Morgan fingerprint density at radius 3 is 2.74 bits per heavy atom. The summed E-state index contributed by atoms with van der Waals surface area (Å²) in [6.07, 6.45) is 3.15. The Hall–Kier alpha value is -1.35. The first-order valence-corrected chi connectivity index (χ1v) is 7.92. The van der Waals surface area contributed by atoms with E-state index in [0.29, 0.717) is 12.2 Å². The van der Waals surface area contributed by atoms with Crippen molar-refractivity contribution in [3.05, 3.63) is 40.1 Å². The van der Waals surface area contributed by atoms with Gasteiger partial charge < -0.3 is 5.73 Å². The molecule has 8 heteroatoms. The minimum absolute atomic E-state index is 0.115. The predicted molar refractivity (Wildman–Crippen MR) is 73.0 cm³/mol. The predicted octanol–water partition coefficient (Wildman–Crippen LogP) is 0.784. The molecule has 102 valence electrons. The summed E-state index contributed by atoms with van der Waals surface area (Å²) >= 11 is 1.33. The van der Waals surface area contributed by atoms with E-state index in [0.717, 1.165) is 10.6 Å². The highest BCUT2D eigenvalue weighted by Crippen LogP contribution is 2.18. The van der Waals surface area contributed by atoms with Gasteiger partial charge in [0.25, 0.3) is 0 Å². The van der Waals surface area contributed by atoms with Crippen LogP contribution in [0.5, 0.6) is 0 Å². The smallest absolute Gasteiger partial charge is 0.241 e. The Bertz CT molecular complexity index is 650. The van der Waals surface area contributed by atoms with Crippen molar-refractivity contribution in [3.8, 4) is 0 Å². The minimum atomic E-state index is -3.52. The molecule has 0 fully saturated rings. The lowest BCUT2D eigenvalue weighted by Gasteiger charge is -2.04. The molecule has 6 nitrogen and oxygen atoms in total. The van der Waals surface area contributed by atoms with Crippen LogP contribution in [0.1, 0.15) is 16.3 Å². The molecule has 0 radical (unpaired) electrons. The van der Waals surface area contributed by atoms with E-state index < -0.39 is 10.0 Å². The standard InChI is InChI=1S/C11H14N4O2S2/c1-8-4-14-9(5-13-8)6-15-19(16,17)11-2-10(3-12)18-7-11/h2,4-5,7,15H,3,6,12H2,1H3. The van der Waals surface area contributed by atoms with Crippen LogP contribution in [-0.4, -0.2) is 18.4 Å². The second kappa shape index (κ2) is 5.74. The van der Waals surface area contributed by atoms with Gasteiger partial charge in [-0.2, -0.15) is 0 Å². The van der Waals surface area contributed by atoms with Gasteiger partial charge in [0.15, 0.2) is 0 Å². The van der Waals surface area contributed by atoms with Crippen LogP contribution in [0, 0.1) is 6.92 Å². The maximum Gasteiger partial charge on any atom is 0.241 e. The van der Waals surface area contributed by atoms with Crippen molar-refractivity contribution in [1.29, 1.82) is 0 Å². The van der Waals surface area contributed by atoms with Crippen LogP contribution in [-0.2, 0) is 23.1 Å². The third-order valence-electron chi connectivity index (χ3n) is 2.42. The summed E-state index contributed by atoms with van der Waals surface area (Å²) < 4.78 is 26.5. The highest BCUT2D eigenvalue weighted by molar-refractivity contribution is 7.89. The molecule has 0 unspecified atom stereocenters. The lowest BCUT2D eigenvalue weighted by Crippen LogP contribution is -2.23.